The van der Waals surface area contributed by atoms with E-state index in [4.69, 9.17) is 4.42 Å². The molecule has 0 aliphatic carbocycles. The Morgan fingerprint density at radius 1 is 1.00 bits per heavy atom. The second kappa shape index (κ2) is 7.73. The zero-order valence-electron chi connectivity index (χ0n) is 15.6. The number of benzene rings is 2. The van der Waals surface area contributed by atoms with Gasteiger partial charge in [0, 0.05) is 15.7 Å². The molecule has 9 heteroatoms. The van der Waals surface area contributed by atoms with Gasteiger partial charge in [0.25, 0.3) is 11.7 Å². The molecule has 2 aromatic carbocycles. The fourth-order valence-corrected chi connectivity index (χ4v) is 3.65. The molecule has 1 aromatic heterocycles. The van der Waals surface area contributed by atoms with Crippen molar-refractivity contribution in [1.29, 1.82) is 0 Å². The van der Waals surface area contributed by atoms with E-state index in [-0.39, 0.29) is 17.0 Å². The summed E-state index contributed by atoms with van der Waals surface area (Å²) in [6.07, 6.45) is -3.21. The number of aliphatic hydroxyl groups is 1. The predicted octanol–water partition coefficient (Wildman–Crippen LogP) is 5.69. The van der Waals surface area contributed by atoms with Crippen molar-refractivity contribution in [2.75, 3.05) is 4.90 Å². The summed E-state index contributed by atoms with van der Waals surface area (Å²) in [7, 11) is 0. The summed E-state index contributed by atoms with van der Waals surface area (Å²) in [4.78, 5) is 26.7. The van der Waals surface area contributed by atoms with Gasteiger partial charge in [-0.05, 0) is 48.5 Å². The van der Waals surface area contributed by atoms with E-state index >= 15 is 0 Å². The van der Waals surface area contributed by atoms with Crippen molar-refractivity contribution in [3.05, 3.63) is 93.9 Å². The molecular weight excluding hydrogens is 479 g/mol. The van der Waals surface area contributed by atoms with Crippen molar-refractivity contribution in [2.24, 2.45) is 0 Å². The number of carbonyl (C=O) groups is 2. The van der Waals surface area contributed by atoms with Gasteiger partial charge in [-0.15, -0.1) is 0 Å². The minimum Gasteiger partial charge on any atom is -0.507 e. The van der Waals surface area contributed by atoms with Gasteiger partial charge in [-0.1, -0.05) is 28.1 Å². The number of halogens is 4. The number of anilines is 1. The lowest BCUT2D eigenvalue weighted by Crippen LogP contribution is -2.29. The summed E-state index contributed by atoms with van der Waals surface area (Å²) in [5, 5.41) is 10.9. The quantitative estimate of drug-likeness (QED) is 0.290. The van der Waals surface area contributed by atoms with Gasteiger partial charge < -0.3 is 9.52 Å². The van der Waals surface area contributed by atoms with Gasteiger partial charge in [-0.25, -0.2) is 0 Å². The fraction of sp³-hybridized carbons (Fsp3) is 0.0909. The van der Waals surface area contributed by atoms with E-state index in [0.29, 0.717) is 5.56 Å². The summed E-state index contributed by atoms with van der Waals surface area (Å²) in [5.74, 6) is -2.19. The van der Waals surface area contributed by atoms with Crippen LogP contribution in [0.4, 0.5) is 18.9 Å². The van der Waals surface area contributed by atoms with Crippen LogP contribution < -0.4 is 4.90 Å². The molecular formula is C22H13BrF3NO4. The number of Topliss-reactive ketones (excluding diaryl/α,β-unsaturated/α-hetero) is 1. The number of amides is 1. The van der Waals surface area contributed by atoms with Crippen LogP contribution >= 0.6 is 15.9 Å². The van der Waals surface area contributed by atoms with E-state index in [1.807, 2.05) is 0 Å². The molecule has 1 fully saturated rings. The summed E-state index contributed by atoms with van der Waals surface area (Å²) in [6.45, 7) is 0. The first kappa shape index (κ1) is 20.9. The Morgan fingerprint density at radius 3 is 2.19 bits per heavy atom. The summed E-state index contributed by atoms with van der Waals surface area (Å²) in [5.41, 5.74) is -0.754. The van der Waals surface area contributed by atoms with Crippen LogP contribution in [0.3, 0.4) is 0 Å². The molecule has 4 rings (SSSR count). The van der Waals surface area contributed by atoms with Gasteiger partial charge in [-0.2, -0.15) is 13.2 Å². The molecule has 0 bridgehead atoms. The minimum absolute atomic E-state index is 0.0614. The molecule has 31 heavy (non-hydrogen) atoms. The van der Waals surface area contributed by atoms with Crippen LogP contribution in [0.5, 0.6) is 0 Å². The molecule has 1 saturated heterocycles. The van der Waals surface area contributed by atoms with Crippen molar-refractivity contribution in [2.45, 2.75) is 12.2 Å². The average molecular weight is 492 g/mol. The lowest BCUT2D eigenvalue weighted by molar-refractivity contribution is -0.137. The Labute approximate surface area is 182 Å². The van der Waals surface area contributed by atoms with Crippen LogP contribution in [0.25, 0.3) is 5.76 Å². The number of nitrogens with zero attached hydrogens (tertiary/aromatic N) is 1. The van der Waals surface area contributed by atoms with Gasteiger partial charge in [0.2, 0.25) is 0 Å². The highest BCUT2D eigenvalue weighted by atomic mass is 79.9. The minimum atomic E-state index is -4.55. The molecule has 2 heterocycles. The molecule has 1 unspecified atom stereocenters. The van der Waals surface area contributed by atoms with Crippen molar-refractivity contribution in [3.63, 3.8) is 0 Å². The van der Waals surface area contributed by atoms with Gasteiger partial charge in [0.05, 0.1) is 17.4 Å². The van der Waals surface area contributed by atoms with Crippen LogP contribution in [0.1, 0.15) is 22.9 Å². The van der Waals surface area contributed by atoms with Crippen LogP contribution in [0.15, 0.2) is 81.4 Å². The monoisotopic (exact) mass is 491 g/mol. The van der Waals surface area contributed by atoms with E-state index in [9.17, 15) is 27.9 Å². The number of carbonyl (C=O) groups excluding carboxylic acids is 2. The molecule has 5 nitrogen and oxygen atoms in total. The molecule has 0 saturated carbocycles. The second-order valence-corrected chi connectivity index (χ2v) is 7.65. The maximum atomic E-state index is 12.9. The van der Waals surface area contributed by atoms with E-state index in [0.717, 1.165) is 33.6 Å². The third kappa shape index (κ3) is 3.76. The standard InChI is InChI=1S/C22H13BrF3NO4/c23-14-7-3-12(4-8-14)19(28)17-18(16-2-1-11-31-16)27(21(30)20(17)29)15-9-5-13(6-10-15)22(24,25)26/h1-11,18,28H/b19-17-. The largest absolute Gasteiger partial charge is 0.507 e. The summed E-state index contributed by atoms with van der Waals surface area (Å²) >= 11 is 3.28. The Kier molecular flexibility index (Phi) is 5.22. The molecule has 0 spiro atoms. The maximum absolute atomic E-state index is 12.9. The predicted molar refractivity (Wildman–Crippen MR) is 109 cm³/mol. The molecule has 3 aromatic rings. The van der Waals surface area contributed by atoms with E-state index in [2.05, 4.69) is 15.9 Å². The lowest BCUT2D eigenvalue weighted by atomic mass is 9.99. The second-order valence-electron chi connectivity index (χ2n) is 6.74. The molecule has 1 N–H and O–H groups in total. The smallest absolute Gasteiger partial charge is 0.416 e. The Balaban J connectivity index is 1.86. The first-order valence-corrected chi connectivity index (χ1v) is 9.75. The topological polar surface area (TPSA) is 70.8 Å². The van der Waals surface area contributed by atoms with Gasteiger partial charge >= 0.3 is 6.18 Å². The van der Waals surface area contributed by atoms with Crippen molar-refractivity contribution in [3.8, 4) is 0 Å². The molecule has 158 valence electrons. The lowest BCUT2D eigenvalue weighted by Gasteiger charge is -2.23. The first-order chi connectivity index (χ1) is 14.7. The van der Waals surface area contributed by atoms with Crippen molar-refractivity contribution < 1.29 is 32.3 Å². The third-order valence-electron chi connectivity index (χ3n) is 4.85. The van der Waals surface area contributed by atoms with Crippen LogP contribution in [0, 0.1) is 0 Å². The first-order valence-electron chi connectivity index (χ1n) is 8.96. The third-order valence-corrected chi connectivity index (χ3v) is 5.38. The Morgan fingerprint density at radius 2 is 1.65 bits per heavy atom. The molecule has 1 amide bonds. The molecule has 1 aliphatic rings. The number of hydrogen-bond donors (Lipinski definition) is 1. The van der Waals surface area contributed by atoms with Crippen molar-refractivity contribution >= 4 is 39.1 Å². The SMILES string of the molecule is O=C1C(=O)N(c2ccc(C(F)(F)F)cc2)C(c2ccco2)/C1=C(/O)c1ccc(Br)cc1. The summed E-state index contributed by atoms with van der Waals surface area (Å²) < 4.78 is 44.9. The number of ketones is 1. The van der Waals surface area contributed by atoms with Crippen molar-refractivity contribution in [1.82, 2.24) is 0 Å². The Bertz CT molecular complexity index is 1170. The summed E-state index contributed by atoms with van der Waals surface area (Å²) in [6, 6.07) is 12.2. The number of alkyl halides is 3. The number of rotatable bonds is 3. The van der Waals surface area contributed by atoms with Crippen LogP contribution in [-0.4, -0.2) is 16.8 Å². The highest BCUT2D eigenvalue weighted by Gasteiger charge is 2.48. The average Bonchev–Trinajstić information content (AvgIpc) is 3.35. The van der Waals surface area contributed by atoms with E-state index in [1.54, 1.807) is 30.3 Å². The highest BCUT2D eigenvalue weighted by Crippen LogP contribution is 2.43. The Hall–Kier alpha value is -3.33. The number of furan rings is 1. The van der Waals surface area contributed by atoms with E-state index < -0.39 is 35.2 Å². The van der Waals surface area contributed by atoms with Gasteiger partial charge in [-0.3, -0.25) is 14.5 Å². The number of hydrogen-bond acceptors (Lipinski definition) is 4. The molecule has 1 aliphatic heterocycles. The number of aliphatic hydroxyl groups excluding tert-OH is 1. The maximum Gasteiger partial charge on any atom is 0.416 e. The fourth-order valence-electron chi connectivity index (χ4n) is 3.39. The van der Waals surface area contributed by atoms with E-state index in [1.165, 1.54) is 12.3 Å². The zero-order valence-corrected chi connectivity index (χ0v) is 17.1. The van der Waals surface area contributed by atoms with Gasteiger partial charge in [0.1, 0.15) is 17.6 Å². The van der Waals surface area contributed by atoms with Crippen LogP contribution in [-0.2, 0) is 15.8 Å². The highest BCUT2D eigenvalue weighted by molar-refractivity contribution is 9.10. The van der Waals surface area contributed by atoms with Crippen LogP contribution in [0.2, 0.25) is 0 Å². The van der Waals surface area contributed by atoms with Gasteiger partial charge in [0.15, 0.2) is 0 Å². The molecule has 1 atom stereocenters. The zero-order chi connectivity index (χ0) is 22.3. The normalized spacial score (nSPS) is 18.6. The molecule has 0 radical (unpaired) electrons.